The first kappa shape index (κ1) is 21.3. The lowest BCUT2D eigenvalue weighted by Gasteiger charge is -2.15. The molecule has 3 aromatic rings. The summed E-state index contributed by atoms with van der Waals surface area (Å²) in [7, 11) is 0. The molecule has 160 valence electrons. The van der Waals surface area contributed by atoms with Crippen LogP contribution in [0.3, 0.4) is 0 Å². The van der Waals surface area contributed by atoms with E-state index in [1.54, 1.807) is 24.3 Å². The van der Waals surface area contributed by atoms with Gasteiger partial charge in [0, 0.05) is 16.9 Å². The molecule has 0 aliphatic carbocycles. The Hall–Kier alpha value is -3.90. The highest BCUT2D eigenvalue weighted by molar-refractivity contribution is 6.48. The maximum absolute atomic E-state index is 12.8. The number of hydrogen-bond donors (Lipinski definition) is 2. The van der Waals surface area contributed by atoms with E-state index in [-0.39, 0.29) is 23.2 Å². The summed E-state index contributed by atoms with van der Waals surface area (Å²) in [6.07, 6.45) is 0. The first-order chi connectivity index (χ1) is 15.4. The zero-order valence-electron chi connectivity index (χ0n) is 17.3. The Bertz CT molecular complexity index is 1220. The fraction of sp³-hybridized carbons (Fsp3) is 0.0800. The predicted molar refractivity (Wildman–Crippen MR) is 124 cm³/mol. The van der Waals surface area contributed by atoms with Crippen molar-refractivity contribution >= 4 is 40.7 Å². The van der Waals surface area contributed by atoms with Crippen LogP contribution in [0.4, 0.5) is 11.4 Å². The van der Waals surface area contributed by atoms with Crippen LogP contribution in [0, 0.1) is 6.92 Å². The SMILES string of the molecule is Cc1ccc(NC(=O)c2cccc(NC3=C(Cl)C(=O)N(Cc4ccccc4)C3=O)c2)cc1. The molecule has 3 aromatic carbocycles. The largest absolute Gasteiger partial charge is 0.350 e. The zero-order valence-corrected chi connectivity index (χ0v) is 18.0. The lowest BCUT2D eigenvalue weighted by atomic mass is 10.1. The summed E-state index contributed by atoms with van der Waals surface area (Å²) in [5.74, 6) is -1.37. The van der Waals surface area contributed by atoms with Crippen LogP contribution in [0.15, 0.2) is 89.6 Å². The maximum atomic E-state index is 12.8. The first-order valence-corrected chi connectivity index (χ1v) is 10.3. The van der Waals surface area contributed by atoms with Crippen molar-refractivity contribution in [3.05, 3.63) is 106 Å². The second kappa shape index (κ2) is 9.08. The van der Waals surface area contributed by atoms with Crippen molar-refractivity contribution in [1.29, 1.82) is 0 Å². The molecule has 0 atom stereocenters. The molecule has 0 saturated carbocycles. The molecule has 0 unspecified atom stereocenters. The number of benzene rings is 3. The molecule has 0 spiro atoms. The van der Waals surface area contributed by atoms with Crippen molar-refractivity contribution in [3.8, 4) is 0 Å². The summed E-state index contributed by atoms with van der Waals surface area (Å²) in [4.78, 5) is 39.1. The normalized spacial score (nSPS) is 13.5. The number of imide groups is 1. The van der Waals surface area contributed by atoms with Crippen molar-refractivity contribution in [3.63, 3.8) is 0 Å². The van der Waals surface area contributed by atoms with Crippen LogP contribution in [0.5, 0.6) is 0 Å². The van der Waals surface area contributed by atoms with Gasteiger partial charge in [-0.1, -0.05) is 65.7 Å². The van der Waals surface area contributed by atoms with Gasteiger partial charge in [0.2, 0.25) is 0 Å². The summed E-state index contributed by atoms with van der Waals surface area (Å²) >= 11 is 6.18. The molecule has 4 rings (SSSR count). The Morgan fingerprint density at radius 2 is 1.59 bits per heavy atom. The average molecular weight is 446 g/mol. The van der Waals surface area contributed by atoms with Crippen LogP contribution in [0.2, 0.25) is 0 Å². The van der Waals surface area contributed by atoms with E-state index in [1.807, 2.05) is 61.5 Å². The molecule has 3 amide bonds. The Balaban J connectivity index is 1.49. The molecule has 32 heavy (non-hydrogen) atoms. The lowest BCUT2D eigenvalue weighted by Crippen LogP contribution is -2.31. The van der Waals surface area contributed by atoms with Crippen LogP contribution >= 0.6 is 11.6 Å². The van der Waals surface area contributed by atoms with E-state index < -0.39 is 11.8 Å². The van der Waals surface area contributed by atoms with Gasteiger partial charge in [-0.3, -0.25) is 19.3 Å². The van der Waals surface area contributed by atoms with Crippen molar-refractivity contribution in [1.82, 2.24) is 4.90 Å². The monoisotopic (exact) mass is 445 g/mol. The van der Waals surface area contributed by atoms with Crippen molar-refractivity contribution < 1.29 is 14.4 Å². The molecule has 0 radical (unpaired) electrons. The van der Waals surface area contributed by atoms with Gasteiger partial charge in [0.25, 0.3) is 17.7 Å². The summed E-state index contributed by atoms with van der Waals surface area (Å²) < 4.78 is 0. The van der Waals surface area contributed by atoms with Gasteiger partial charge in [-0.2, -0.15) is 0 Å². The van der Waals surface area contributed by atoms with Crippen LogP contribution in [0.25, 0.3) is 0 Å². The number of nitrogens with zero attached hydrogens (tertiary/aromatic N) is 1. The average Bonchev–Trinajstić information content (AvgIpc) is 3.00. The van der Waals surface area contributed by atoms with E-state index in [9.17, 15) is 14.4 Å². The molecule has 6 nitrogen and oxygen atoms in total. The number of hydrogen-bond acceptors (Lipinski definition) is 4. The standard InChI is InChI=1S/C25H20ClN3O3/c1-16-10-12-19(13-11-16)28-23(30)18-8-5-9-20(14-18)27-22-21(26)24(31)29(25(22)32)15-17-6-3-2-4-7-17/h2-14,27H,15H2,1H3,(H,28,30). The summed E-state index contributed by atoms with van der Waals surface area (Å²) in [5, 5.41) is 5.56. The van der Waals surface area contributed by atoms with Gasteiger partial charge in [0.1, 0.15) is 10.7 Å². The van der Waals surface area contributed by atoms with Gasteiger partial charge in [-0.05, 0) is 42.8 Å². The van der Waals surface area contributed by atoms with E-state index in [2.05, 4.69) is 10.6 Å². The summed E-state index contributed by atoms with van der Waals surface area (Å²) in [6, 6.07) is 23.3. The lowest BCUT2D eigenvalue weighted by molar-refractivity contribution is -0.138. The Labute approximate surface area is 190 Å². The highest BCUT2D eigenvalue weighted by Gasteiger charge is 2.37. The molecular weight excluding hydrogens is 426 g/mol. The van der Waals surface area contributed by atoms with Gasteiger partial charge in [-0.15, -0.1) is 0 Å². The number of halogens is 1. The van der Waals surface area contributed by atoms with E-state index in [0.29, 0.717) is 16.9 Å². The number of carbonyl (C=O) groups is 3. The van der Waals surface area contributed by atoms with Crippen LogP contribution < -0.4 is 10.6 Å². The first-order valence-electron chi connectivity index (χ1n) is 9.97. The minimum atomic E-state index is -0.559. The molecule has 2 N–H and O–H groups in total. The third-order valence-corrected chi connectivity index (χ3v) is 5.35. The number of amides is 3. The quantitative estimate of drug-likeness (QED) is 0.540. The Morgan fingerprint density at radius 1 is 0.875 bits per heavy atom. The van der Waals surface area contributed by atoms with E-state index in [1.165, 1.54) is 0 Å². The highest BCUT2D eigenvalue weighted by Crippen LogP contribution is 2.27. The molecular formula is C25H20ClN3O3. The third-order valence-electron chi connectivity index (χ3n) is 5.00. The topological polar surface area (TPSA) is 78.5 Å². The van der Waals surface area contributed by atoms with Crippen LogP contribution in [0.1, 0.15) is 21.5 Å². The molecule has 0 bridgehead atoms. The molecule has 1 aliphatic heterocycles. The number of nitrogens with one attached hydrogen (secondary N) is 2. The van der Waals surface area contributed by atoms with Crippen molar-refractivity contribution in [2.45, 2.75) is 13.5 Å². The minimum Gasteiger partial charge on any atom is -0.350 e. The number of carbonyl (C=O) groups excluding carboxylic acids is 3. The molecule has 7 heteroatoms. The zero-order chi connectivity index (χ0) is 22.7. The van der Waals surface area contributed by atoms with Gasteiger partial charge in [0.05, 0.1) is 6.54 Å². The van der Waals surface area contributed by atoms with Crippen LogP contribution in [-0.2, 0) is 16.1 Å². The van der Waals surface area contributed by atoms with Gasteiger partial charge in [0.15, 0.2) is 0 Å². The Morgan fingerprint density at radius 3 is 2.31 bits per heavy atom. The van der Waals surface area contributed by atoms with Crippen molar-refractivity contribution in [2.24, 2.45) is 0 Å². The summed E-state index contributed by atoms with van der Waals surface area (Å²) in [6.45, 7) is 2.09. The maximum Gasteiger partial charge on any atom is 0.279 e. The van der Waals surface area contributed by atoms with E-state index >= 15 is 0 Å². The smallest absolute Gasteiger partial charge is 0.279 e. The predicted octanol–water partition coefficient (Wildman–Crippen LogP) is 4.68. The third kappa shape index (κ3) is 4.55. The number of anilines is 2. The molecule has 1 aliphatic rings. The van der Waals surface area contributed by atoms with Crippen molar-refractivity contribution in [2.75, 3.05) is 10.6 Å². The molecule has 0 fully saturated rings. The molecule has 1 heterocycles. The van der Waals surface area contributed by atoms with Crippen LogP contribution in [-0.4, -0.2) is 22.6 Å². The van der Waals surface area contributed by atoms with E-state index in [4.69, 9.17) is 11.6 Å². The fourth-order valence-electron chi connectivity index (χ4n) is 3.29. The molecule has 0 saturated heterocycles. The highest BCUT2D eigenvalue weighted by atomic mass is 35.5. The number of aryl methyl sites for hydroxylation is 1. The minimum absolute atomic E-state index is 0.0105. The fourth-order valence-corrected chi connectivity index (χ4v) is 3.52. The van der Waals surface area contributed by atoms with E-state index in [0.717, 1.165) is 16.0 Å². The van der Waals surface area contributed by atoms with Gasteiger partial charge >= 0.3 is 0 Å². The summed E-state index contributed by atoms with van der Waals surface area (Å²) in [5.41, 5.74) is 3.44. The molecule has 0 aromatic heterocycles. The van der Waals surface area contributed by atoms with Gasteiger partial charge in [-0.25, -0.2) is 0 Å². The second-order valence-electron chi connectivity index (χ2n) is 7.40. The Kier molecular flexibility index (Phi) is 6.05. The second-order valence-corrected chi connectivity index (χ2v) is 7.77. The van der Waals surface area contributed by atoms with Gasteiger partial charge < -0.3 is 10.6 Å². The number of rotatable bonds is 6.